The smallest absolute Gasteiger partial charge is 0.422 e. The normalized spacial score (nSPS) is 14.2. The number of benzene rings is 2. The number of carbonyl (C=O) groups excluding carboxylic acids is 2. The Hall–Kier alpha value is -4.78. The van der Waals surface area contributed by atoms with E-state index in [-0.39, 0.29) is 11.7 Å². The van der Waals surface area contributed by atoms with Gasteiger partial charge >= 0.3 is 12.3 Å². The van der Waals surface area contributed by atoms with Gasteiger partial charge in [0.15, 0.2) is 6.61 Å². The van der Waals surface area contributed by atoms with Crippen LogP contribution in [0.2, 0.25) is 0 Å². The van der Waals surface area contributed by atoms with Crippen molar-refractivity contribution in [2.75, 3.05) is 44.7 Å². The van der Waals surface area contributed by atoms with Crippen molar-refractivity contribution in [1.29, 1.82) is 0 Å². The second kappa shape index (κ2) is 13.8. The molecule has 0 saturated carbocycles. The van der Waals surface area contributed by atoms with Crippen molar-refractivity contribution in [3.63, 3.8) is 0 Å². The Kier molecular flexibility index (Phi) is 9.90. The fraction of sp³-hybridized carbons (Fsp3) is 0.400. The summed E-state index contributed by atoms with van der Waals surface area (Å²) in [5, 5.41) is 0.896. The number of aryl methyl sites for hydroxylation is 2. The van der Waals surface area contributed by atoms with E-state index in [1.54, 1.807) is 43.6 Å². The maximum absolute atomic E-state index is 13.6. The Morgan fingerprint density at radius 2 is 1.60 bits per heavy atom. The topological polar surface area (TPSA) is 89.4 Å². The van der Waals surface area contributed by atoms with E-state index in [4.69, 9.17) is 14.2 Å². The van der Waals surface area contributed by atoms with Gasteiger partial charge in [0.1, 0.15) is 22.8 Å². The molecule has 0 radical (unpaired) electrons. The molecule has 2 aromatic heterocycles. The summed E-state index contributed by atoms with van der Waals surface area (Å²) in [5.74, 6) is 1.02. The monoisotopic (exact) mass is 667 g/mol. The molecule has 0 bridgehead atoms. The van der Waals surface area contributed by atoms with E-state index in [0.29, 0.717) is 55.7 Å². The standard InChI is InChI=1S/C35H40F3N5O5/c1-23-17-31(39-20-30(23)41(6)33(45)48-34(2,3)4)47-27-12-9-25-18-29(40(5)28(25)19-27)32(44)43-15-13-42(14-16-43)21-24-7-10-26(11-8-24)46-22-35(36,37)38/h7-12,17-20H,13-16,21-22H2,1-6H3. The molecule has 13 heteroatoms. The number of halogens is 3. The Morgan fingerprint density at radius 3 is 2.23 bits per heavy atom. The number of nitrogens with zero attached hydrogens (tertiary/aromatic N) is 5. The van der Waals surface area contributed by atoms with E-state index < -0.39 is 24.5 Å². The van der Waals surface area contributed by atoms with Crippen LogP contribution in [0, 0.1) is 6.92 Å². The van der Waals surface area contributed by atoms with Crippen LogP contribution in [0.1, 0.15) is 42.4 Å². The van der Waals surface area contributed by atoms with E-state index in [2.05, 4.69) is 9.88 Å². The molecule has 2 amide bonds. The average Bonchev–Trinajstić information content (AvgIpc) is 3.34. The molecule has 1 aliphatic heterocycles. The van der Waals surface area contributed by atoms with Gasteiger partial charge in [0.2, 0.25) is 5.88 Å². The van der Waals surface area contributed by atoms with E-state index in [1.165, 1.54) is 4.90 Å². The number of rotatable bonds is 8. The SMILES string of the molecule is Cc1cc(Oc2ccc3cc(C(=O)N4CCN(Cc5ccc(OCC(F)(F)F)cc5)CC4)n(C)c3c2)ncc1N(C)C(=O)OC(C)(C)C. The minimum Gasteiger partial charge on any atom is -0.484 e. The van der Waals surface area contributed by atoms with Crippen LogP contribution in [-0.2, 0) is 18.3 Å². The summed E-state index contributed by atoms with van der Waals surface area (Å²) >= 11 is 0. The number of ether oxygens (including phenoxy) is 3. The highest BCUT2D eigenvalue weighted by Gasteiger charge is 2.29. The first-order chi connectivity index (χ1) is 22.6. The summed E-state index contributed by atoms with van der Waals surface area (Å²) < 4.78 is 55.4. The molecule has 256 valence electrons. The Bertz CT molecular complexity index is 1770. The highest BCUT2D eigenvalue weighted by molar-refractivity contribution is 5.99. The largest absolute Gasteiger partial charge is 0.484 e. The van der Waals surface area contributed by atoms with Crippen LogP contribution in [0.5, 0.6) is 17.4 Å². The number of hydrogen-bond acceptors (Lipinski definition) is 7. The molecule has 0 spiro atoms. The molecule has 0 N–H and O–H groups in total. The van der Waals surface area contributed by atoms with Gasteiger partial charge in [0.05, 0.1) is 17.4 Å². The fourth-order valence-electron chi connectivity index (χ4n) is 5.44. The second-order valence-electron chi connectivity index (χ2n) is 12.9. The van der Waals surface area contributed by atoms with E-state index in [9.17, 15) is 22.8 Å². The number of anilines is 1. The lowest BCUT2D eigenvalue weighted by molar-refractivity contribution is -0.153. The van der Waals surface area contributed by atoms with Gasteiger partial charge in [-0.3, -0.25) is 14.6 Å². The van der Waals surface area contributed by atoms with Gasteiger partial charge in [0, 0.05) is 64.3 Å². The Balaban J connectivity index is 1.18. The summed E-state index contributed by atoms with van der Waals surface area (Å²) in [5.41, 5.74) is 3.12. The molecule has 2 aromatic carbocycles. The number of alkyl halides is 3. The second-order valence-corrected chi connectivity index (χ2v) is 12.9. The van der Waals surface area contributed by atoms with Crippen molar-refractivity contribution >= 4 is 28.6 Å². The van der Waals surface area contributed by atoms with Crippen LogP contribution in [0.4, 0.5) is 23.7 Å². The summed E-state index contributed by atoms with van der Waals surface area (Å²) in [6, 6.07) is 15.8. The maximum Gasteiger partial charge on any atom is 0.422 e. The van der Waals surface area contributed by atoms with Gasteiger partial charge < -0.3 is 23.7 Å². The third-order valence-corrected chi connectivity index (χ3v) is 7.94. The highest BCUT2D eigenvalue weighted by Crippen LogP contribution is 2.30. The number of piperazine rings is 1. The summed E-state index contributed by atoms with van der Waals surface area (Å²) in [7, 11) is 3.48. The minimum atomic E-state index is -4.38. The summed E-state index contributed by atoms with van der Waals surface area (Å²) in [4.78, 5) is 35.9. The van der Waals surface area contributed by atoms with Gasteiger partial charge in [0.25, 0.3) is 5.91 Å². The number of carbonyl (C=O) groups is 2. The first kappa shape index (κ1) is 34.6. The Morgan fingerprint density at radius 1 is 0.938 bits per heavy atom. The van der Waals surface area contributed by atoms with Crippen molar-refractivity contribution in [2.24, 2.45) is 7.05 Å². The van der Waals surface area contributed by atoms with Crippen LogP contribution in [-0.4, -0.2) is 83.0 Å². The van der Waals surface area contributed by atoms with Crippen LogP contribution in [0.25, 0.3) is 10.9 Å². The van der Waals surface area contributed by atoms with Crippen LogP contribution >= 0.6 is 0 Å². The van der Waals surface area contributed by atoms with Gasteiger partial charge in [-0.15, -0.1) is 0 Å². The van der Waals surface area contributed by atoms with Crippen LogP contribution in [0.15, 0.2) is 60.8 Å². The lowest BCUT2D eigenvalue weighted by Gasteiger charge is -2.34. The molecule has 0 atom stereocenters. The fourth-order valence-corrected chi connectivity index (χ4v) is 5.44. The first-order valence-corrected chi connectivity index (χ1v) is 15.6. The zero-order valence-electron chi connectivity index (χ0n) is 27.9. The zero-order chi connectivity index (χ0) is 34.8. The molecule has 48 heavy (non-hydrogen) atoms. The lowest BCUT2D eigenvalue weighted by atomic mass is 10.2. The Labute approximate surface area is 277 Å². The van der Waals surface area contributed by atoms with Gasteiger partial charge in [-0.25, -0.2) is 9.78 Å². The van der Waals surface area contributed by atoms with Crippen molar-refractivity contribution in [2.45, 2.75) is 46.0 Å². The molecule has 0 unspecified atom stereocenters. The number of pyridine rings is 1. The zero-order valence-corrected chi connectivity index (χ0v) is 27.9. The third kappa shape index (κ3) is 8.57. The summed E-state index contributed by atoms with van der Waals surface area (Å²) in [6.07, 6.45) is -3.29. The van der Waals surface area contributed by atoms with Crippen LogP contribution < -0.4 is 14.4 Å². The molecule has 5 rings (SSSR count). The van der Waals surface area contributed by atoms with Crippen LogP contribution in [0.3, 0.4) is 0 Å². The van der Waals surface area contributed by atoms with Crippen molar-refractivity contribution in [3.05, 3.63) is 77.6 Å². The quantitative estimate of drug-likeness (QED) is 0.201. The molecule has 1 aliphatic rings. The van der Waals surface area contributed by atoms with E-state index >= 15 is 0 Å². The third-order valence-electron chi connectivity index (χ3n) is 7.94. The minimum absolute atomic E-state index is 0.0658. The lowest BCUT2D eigenvalue weighted by Crippen LogP contribution is -2.48. The number of amides is 2. The van der Waals surface area contributed by atoms with Gasteiger partial charge in [-0.05, 0) is 69.2 Å². The van der Waals surface area contributed by atoms with Gasteiger partial charge in [-0.2, -0.15) is 13.2 Å². The molecule has 4 aromatic rings. The van der Waals surface area contributed by atoms with Gasteiger partial charge in [-0.1, -0.05) is 12.1 Å². The van der Waals surface area contributed by atoms with Crippen molar-refractivity contribution in [3.8, 4) is 17.4 Å². The summed E-state index contributed by atoms with van der Waals surface area (Å²) in [6.45, 7) is 9.01. The number of aromatic nitrogens is 2. The highest BCUT2D eigenvalue weighted by atomic mass is 19.4. The molecular weight excluding hydrogens is 627 g/mol. The van der Waals surface area contributed by atoms with Crippen molar-refractivity contribution < 1.29 is 37.0 Å². The molecule has 10 nitrogen and oxygen atoms in total. The van der Waals surface area contributed by atoms with E-state index in [1.807, 2.05) is 68.5 Å². The average molecular weight is 668 g/mol. The predicted molar refractivity (Wildman–Crippen MR) is 176 cm³/mol. The molecular formula is C35H40F3N5O5. The molecule has 3 heterocycles. The molecule has 1 fully saturated rings. The number of hydrogen-bond donors (Lipinski definition) is 0. The first-order valence-electron chi connectivity index (χ1n) is 15.6. The maximum atomic E-state index is 13.6. The van der Waals surface area contributed by atoms with E-state index in [0.717, 1.165) is 22.0 Å². The van der Waals surface area contributed by atoms with Crippen molar-refractivity contribution in [1.82, 2.24) is 19.4 Å². The number of fused-ring (bicyclic) bond motifs is 1. The molecule has 1 saturated heterocycles. The molecule has 0 aliphatic carbocycles. The predicted octanol–water partition coefficient (Wildman–Crippen LogP) is 6.94.